The molecule has 1 amide bonds. The Hall–Kier alpha value is -4.44. The molecule has 36 heavy (non-hydrogen) atoms. The Morgan fingerprint density at radius 2 is 1.31 bits per heavy atom. The number of halogens is 1. The van der Waals surface area contributed by atoms with Gasteiger partial charge in [0.25, 0.3) is 0 Å². The van der Waals surface area contributed by atoms with Crippen LogP contribution in [0, 0.1) is 5.82 Å². The zero-order valence-electron chi connectivity index (χ0n) is 18.8. The van der Waals surface area contributed by atoms with Gasteiger partial charge in [0, 0.05) is 17.3 Å². The smallest absolute Gasteiger partial charge is 0.422 e. The highest BCUT2D eigenvalue weighted by Gasteiger charge is 2.29. The first-order valence-corrected chi connectivity index (χ1v) is 12.2. The number of benzene rings is 3. The number of nitrogens with one attached hydrogen (secondary N) is 1. The number of hydrogen-bond acceptors (Lipinski definition) is 6. The van der Waals surface area contributed by atoms with Gasteiger partial charge in [-0.15, -0.1) is 0 Å². The number of hydrogen-bond donors (Lipinski definition) is 1. The quantitative estimate of drug-likeness (QED) is 0.347. The maximum atomic E-state index is 14.5. The number of esters is 1. The number of nitrogens with zero attached hydrogens (tertiary/aromatic N) is 1. The first kappa shape index (κ1) is 24.7. The molecule has 0 saturated carbocycles. The van der Waals surface area contributed by atoms with Gasteiger partial charge in [-0.25, -0.2) is 22.7 Å². The molecule has 8 nitrogen and oxygen atoms in total. The molecule has 0 aliphatic heterocycles. The van der Waals surface area contributed by atoms with Crippen LogP contribution in [0.3, 0.4) is 0 Å². The second-order valence-corrected chi connectivity index (χ2v) is 9.13. The standard InChI is InChI=1S/C26H21FN2O6S/c27-23-14-8-7-13-21(23)22-15-16-29(24(22)25(30)34-17-19-9-3-1-4-10-19)36(32,33)28-26(31)35-18-20-11-5-2-6-12-20/h1-16H,17-18H2,(H,28,31). The summed E-state index contributed by atoms with van der Waals surface area (Å²) in [6.07, 6.45) is -0.211. The summed E-state index contributed by atoms with van der Waals surface area (Å²) in [5.74, 6) is -1.69. The van der Waals surface area contributed by atoms with Crippen molar-refractivity contribution in [3.63, 3.8) is 0 Å². The zero-order chi connectivity index (χ0) is 25.5. The lowest BCUT2D eigenvalue weighted by Gasteiger charge is -2.13. The van der Waals surface area contributed by atoms with Gasteiger partial charge in [-0.3, -0.25) is 0 Å². The summed E-state index contributed by atoms with van der Waals surface area (Å²) in [6, 6.07) is 24.3. The predicted octanol–water partition coefficient (Wildman–Crippen LogP) is 4.67. The summed E-state index contributed by atoms with van der Waals surface area (Å²) in [7, 11) is -4.65. The van der Waals surface area contributed by atoms with Gasteiger partial charge in [0.15, 0.2) is 5.69 Å². The molecule has 0 aliphatic carbocycles. The zero-order valence-corrected chi connectivity index (χ0v) is 19.7. The summed E-state index contributed by atoms with van der Waals surface area (Å²) in [4.78, 5) is 25.3. The van der Waals surface area contributed by atoms with Crippen LogP contribution in [0.4, 0.5) is 9.18 Å². The summed E-state index contributed by atoms with van der Waals surface area (Å²) in [5.41, 5.74) is 0.818. The first-order valence-electron chi connectivity index (χ1n) is 10.8. The lowest BCUT2D eigenvalue weighted by atomic mass is 10.1. The Bertz CT molecular complexity index is 1470. The fourth-order valence-electron chi connectivity index (χ4n) is 3.41. The van der Waals surface area contributed by atoms with Crippen molar-refractivity contribution in [2.24, 2.45) is 0 Å². The minimum atomic E-state index is -4.65. The van der Waals surface area contributed by atoms with Gasteiger partial charge < -0.3 is 9.47 Å². The average molecular weight is 509 g/mol. The van der Waals surface area contributed by atoms with E-state index in [2.05, 4.69) is 0 Å². The minimum Gasteiger partial charge on any atom is -0.456 e. The molecule has 1 aromatic heterocycles. The molecule has 10 heteroatoms. The second kappa shape index (κ2) is 10.9. The van der Waals surface area contributed by atoms with Crippen molar-refractivity contribution in [3.05, 3.63) is 120 Å². The highest BCUT2D eigenvalue weighted by atomic mass is 32.2. The number of carbonyl (C=O) groups is 2. The van der Waals surface area contributed by atoms with Crippen LogP contribution in [-0.4, -0.2) is 24.5 Å². The molecular formula is C26H21FN2O6S. The van der Waals surface area contributed by atoms with E-state index in [0.29, 0.717) is 15.1 Å². The molecule has 0 unspecified atom stereocenters. The molecule has 4 rings (SSSR count). The molecule has 184 valence electrons. The van der Waals surface area contributed by atoms with Gasteiger partial charge >= 0.3 is 22.3 Å². The van der Waals surface area contributed by atoms with Crippen LogP contribution in [-0.2, 0) is 32.9 Å². The molecule has 1 heterocycles. The third-order valence-electron chi connectivity index (χ3n) is 5.11. The van der Waals surface area contributed by atoms with E-state index in [0.717, 1.165) is 6.20 Å². The SMILES string of the molecule is O=C(NS(=O)(=O)n1ccc(-c2ccccc2F)c1C(=O)OCc1ccccc1)OCc1ccccc1. The Morgan fingerprint density at radius 3 is 1.92 bits per heavy atom. The van der Waals surface area contributed by atoms with E-state index in [1.54, 1.807) is 71.5 Å². The minimum absolute atomic E-state index is 0.00948. The second-order valence-electron chi connectivity index (χ2n) is 7.58. The highest BCUT2D eigenvalue weighted by Crippen LogP contribution is 2.29. The van der Waals surface area contributed by atoms with Crippen molar-refractivity contribution >= 4 is 22.3 Å². The van der Waals surface area contributed by atoms with Gasteiger partial charge in [0.2, 0.25) is 0 Å². The van der Waals surface area contributed by atoms with Crippen LogP contribution in [0.15, 0.2) is 97.2 Å². The van der Waals surface area contributed by atoms with E-state index >= 15 is 0 Å². The lowest BCUT2D eigenvalue weighted by molar-refractivity contribution is 0.0465. The van der Waals surface area contributed by atoms with E-state index in [9.17, 15) is 22.4 Å². The Balaban J connectivity index is 1.62. The topological polar surface area (TPSA) is 104 Å². The van der Waals surface area contributed by atoms with E-state index in [4.69, 9.17) is 9.47 Å². The van der Waals surface area contributed by atoms with Crippen molar-refractivity contribution in [2.45, 2.75) is 13.2 Å². The highest BCUT2D eigenvalue weighted by molar-refractivity contribution is 7.88. The summed E-state index contributed by atoms with van der Waals surface area (Å²) >= 11 is 0. The van der Waals surface area contributed by atoms with Gasteiger partial charge in [0.05, 0.1) is 0 Å². The van der Waals surface area contributed by atoms with Crippen LogP contribution in [0.5, 0.6) is 0 Å². The predicted molar refractivity (Wildman–Crippen MR) is 129 cm³/mol. The van der Waals surface area contributed by atoms with Crippen LogP contribution in [0.2, 0.25) is 0 Å². The molecular weight excluding hydrogens is 487 g/mol. The van der Waals surface area contributed by atoms with Crippen LogP contribution < -0.4 is 4.72 Å². The molecule has 0 radical (unpaired) electrons. The molecule has 0 saturated heterocycles. The fourth-order valence-corrected chi connectivity index (χ4v) is 4.41. The monoisotopic (exact) mass is 508 g/mol. The molecule has 0 atom stereocenters. The summed E-state index contributed by atoms with van der Waals surface area (Å²) < 4.78 is 53.2. The Labute approximate surface area is 207 Å². The number of amides is 1. The van der Waals surface area contributed by atoms with Gasteiger partial charge in [-0.1, -0.05) is 78.9 Å². The van der Waals surface area contributed by atoms with Gasteiger partial charge in [-0.2, -0.15) is 8.42 Å². The largest absolute Gasteiger partial charge is 0.456 e. The number of aromatic nitrogens is 1. The third kappa shape index (κ3) is 5.78. The third-order valence-corrected chi connectivity index (χ3v) is 6.35. The van der Waals surface area contributed by atoms with Crippen LogP contribution >= 0.6 is 0 Å². The maximum absolute atomic E-state index is 14.5. The van der Waals surface area contributed by atoms with Crippen LogP contribution in [0.1, 0.15) is 21.6 Å². The lowest BCUT2D eigenvalue weighted by Crippen LogP contribution is -2.36. The normalized spacial score (nSPS) is 11.0. The number of rotatable bonds is 8. The van der Waals surface area contributed by atoms with E-state index < -0.39 is 33.8 Å². The molecule has 3 aromatic carbocycles. The van der Waals surface area contributed by atoms with Crippen LogP contribution in [0.25, 0.3) is 11.1 Å². The molecule has 0 fully saturated rings. The van der Waals surface area contributed by atoms with E-state index in [1.807, 2.05) is 0 Å². The molecule has 1 N–H and O–H groups in total. The first-order chi connectivity index (χ1) is 17.3. The van der Waals surface area contributed by atoms with Crippen molar-refractivity contribution < 1.29 is 31.9 Å². The van der Waals surface area contributed by atoms with Crippen molar-refractivity contribution in [1.82, 2.24) is 8.69 Å². The van der Waals surface area contributed by atoms with Gasteiger partial charge in [0.1, 0.15) is 19.0 Å². The Morgan fingerprint density at radius 1 is 0.750 bits per heavy atom. The number of carbonyl (C=O) groups excluding carboxylic acids is 2. The Kier molecular flexibility index (Phi) is 7.45. The van der Waals surface area contributed by atoms with Crippen molar-refractivity contribution in [2.75, 3.05) is 0 Å². The molecule has 4 aromatic rings. The summed E-state index contributed by atoms with van der Waals surface area (Å²) in [5, 5.41) is 0. The average Bonchev–Trinajstić information content (AvgIpc) is 3.34. The fraction of sp³-hybridized carbons (Fsp3) is 0.0769. The molecule has 0 bridgehead atoms. The van der Waals surface area contributed by atoms with E-state index in [1.165, 1.54) is 24.3 Å². The van der Waals surface area contributed by atoms with Gasteiger partial charge in [-0.05, 0) is 23.3 Å². The number of ether oxygens (including phenoxy) is 2. The van der Waals surface area contributed by atoms with Crippen molar-refractivity contribution in [1.29, 1.82) is 0 Å². The van der Waals surface area contributed by atoms with Crippen molar-refractivity contribution in [3.8, 4) is 11.1 Å². The molecule has 0 spiro atoms. The molecule has 0 aliphatic rings. The summed E-state index contributed by atoms with van der Waals surface area (Å²) in [6.45, 7) is -0.311. The van der Waals surface area contributed by atoms with E-state index in [-0.39, 0.29) is 24.3 Å². The maximum Gasteiger partial charge on any atom is 0.422 e.